The van der Waals surface area contributed by atoms with Gasteiger partial charge in [0.05, 0.1) is 9.13 Å². The molecule has 0 aliphatic carbocycles. The molecular formula is C16H11IO6. The van der Waals surface area contributed by atoms with Crippen LogP contribution in [0.1, 0.15) is 15.9 Å². The van der Waals surface area contributed by atoms with Crippen molar-refractivity contribution in [3.8, 4) is 5.75 Å². The van der Waals surface area contributed by atoms with E-state index in [4.69, 9.17) is 9.84 Å². The first-order chi connectivity index (χ1) is 11.0. The van der Waals surface area contributed by atoms with E-state index in [-0.39, 0.29) is 6.61 Å². The number of carbonyl (C=O) groups is 3. The van der Waals surface area contributed by atoms with Crippen molar-refractivity contribution in [3.05, 3.63) is 63.2 Å². The van der Waals surface area contributed by atoms with Crippen LogP contribution < -0.4 is 4.74 Å². The number of rotatable bonds is 4. The molecule has 0 saturated carbocycles. The molecule has 7 heteroatoms. The van der Waals surface area contributed by atoms with Gasteiger partial charge < -0.3 is 14.6 Å². The second-order valence-electron chi connectivity index (χ2n) is 4.40. The average molecular weight is 426 g/mol. The molecule has 0 aliphatic heterocycles. The summed E-state index contributed by atoms with van der Waals surface area (Å²) in [4.78, 5) is 33.2. The number of carbonyl (C=O) groups excluding carboxylic acids is 2. The Morgan fingerprint density at radius 3 is 2.35 bits per heavy atom. The number of esters is 2. The maximum absolute atomic E-state index is 12.0. The largest absolute Gasteiger partial charge is 0.473 e. The molecule has 2 aromatic carbocycles. The molecule has 118 valence electrons. The summed E-state index contributed by atoms with van der Waals surface area (Å²) in [5.41, 5.74) is 1.02. The van der Waals surface area contributed by atoms with Crippen LogP contribution in [0.4, 0.5) is 0 Å². The van der Waals surface area contributed by atoms with Crippen molar-refractivity contribution in [1.29, 1.82) is 0 Å². The van der Waals surface area contributed by atoms with E-state index in [0.29, 0.717) is 20.4 Å². The SMILES string of the molecule is O=C(O)C(=O)OCc1ccc(OC(=O)c2ccccc2)c(I)c1. The molecule has 2 rings (SSSR count). The van der Waals surface area contributed by atoms with E-state index in [1.807, 2.05) is 22.6 Å². The first kappa shape index (κ1) is 16.9. The Morgan fingerprint density at radius 1 is 1.04 bits per heavy atom. The van der Waals surface area contributed by atoms with E-state index in [1.165, 1.54) is 0 Å². The Balaban J connectivity index is 2.03. The van der Waals surface area contributed by atoms with Crippen molar-refractivity contribution in [2.75, 3.05) is 0 Å². The molecule has 0 unspecified atom stereocenters. The molecule has 6 nitrogen and oxygen atoms in total. The average Bonchev–Trinajstić information content (AvgIpc) is 2.55. The summed E-state index contributed by atoms with van der Waals surface area (Å²) >= 11 is 1.98. The highest BCUT2D eigenvalue weighted by Gasteiger charge is 2.14. The lowest BCUT2D eigenvalue weighted by molar-refractivity contribution is -0.164. The molecule has 0 aromatic heterocycles. The van der Waals surface area contributed by atoms with Crippen LogP contribution in [0.25, 0.3) is 0 Å². The van der Waals surface area contributed by atoms with E-state index in [0.717, 1.165) is 0 Å². The minimum absolute atomic E-state index is 0.173. The van der Waals surface area contributed by atoms with Crippen molar-refractivity contribution in [2.24, 2.45) is 0 Å². The Morgan fingerprint density at radius 2 is 1.74 bits per heavy atom. The van der Waals surface area contributed by atoms with E-state index in [9.17, 15) is 14.4 Å². The predicted molar refractivity (Wildman–Crippen MR) is 88.0 cm³/mol. The van der Waals surface area contributed by atoms with Crippen molar-refractivity contribution in [2.45, 2.75) is 6.61 Å². The predicted octanol–water partition coefficient (Wildman–Crippen LogP) is 2.64. The Labute approximate surface area is 145 Å². The van der Waals surface area contributed by atoms with E-state index in [1.54, 1.807) is 48.5 Å². The maximum atomic E-state index is 12.0. The van der Waals surface area contributed by atoms with Gasteiger partial charge in [0.1, 0.15) is 12.4 Å². The van der Waals surface area contributed by atoms with Gasteiger partial charge in [0.25, 0.3) is 0 Å². The second-order valence-corrected chi connectivity index (χ2v) is 5.56. The van der Waals surface area contributed by atoms with E-state index < -0.39 is 17.9 Å². The number of aliphatic carboxylic acids is 1. The Bertz CT molecular complexity index is 741. The fourth-order valence-electron chi connectivity index (χ4n) is 1.66. The molecule has 0 bridgehead atoms. The molecule has 0 heterocycles. The molecule has 0 amide bonds. The van der Waals surface area contributed by atoms with Crippen LogP contribution in [0.3, 0.4) is 0 Å². The van der Waals surface area contributed by atoms with Gasteiger partial charge in [-0.3, -0.25) is 0 Å². The summed E-state index contributed by atoms with van der Waals surface area (Å²) in [5.74, 6) is -3.07. The molecule has 23 heavy (non-hydrogen) atoms. The van der Waals surface area contributed by atoms with Crippen molar-refractivity contribution >= 4 is 40.5 Å². The Hall–Kier alpha value is -2.42. The molecule has 0 aliphatic rings. The smallest absolute Gasteiger partial charge is 0.417 e. The first-order valence-corrected chi connectivity index (χ1v) is 7.51. The van der Waals surface area contributed by atoms with Gasteiger partial charge in [-0.2, -0.15) is 0 Å². The molecule has 0 radical (unpaired) electrons. The van der Waals surface area contributed by atoms with Crippen molar-refractivity contribution in [3.63, 3.8) is 0 Å². The zero-order valence-electron chi connectivity index (χ0n) is 11.7. The zero-order valence-corrected chi connectivity index (χ0v) is 13.8. The van der Waals surface area contributed by atoms with E-state index in [2.05, 4.69) is 4.74 Å². The number of carboxylic acids is 1. The molecular weight excluding hydrogens is 415 g/mol. The summed E-state index contributed by atoms with van der Waals surface area (Å²) < 4.78 is 10.5. The third-order valence-corrected chi connectivity index (χ3v) is 3.60. The second kappa shape index (κ2) is 7.73. The topological polar surface area (TPSA) is 89.9 Å². The molecule has 0 atom stereocenters. The number of carboxylic acid groups (broad SMARTS) is 1. The van der Waals surface area contributed by atoms with Crippen LogP contribution in [-0.2, 0) is 20.9 Å². The molecule has 0 spiro atoms. The van der Waals surface area contributed by atoms with Gasteiger partial charge in [0.2, 0.25) is 0 Å². The van der Waals surface area contributed by atoms with Gasteiger partial charge in [-0.05, 0) is 52.4 Å². The van der Waals surface area contributed by atoms with Crippen molar-refractivity contribution < 1.29 is 29.0 Å². The van der Waals surface area contributed by atoms with Gasteiger partial charge in [0.15, 0.2) is 0 Å². The van der Waals surface area contributed by atoms with Gasteiger partial charge >= 0.3 is 17.9 Å². The fourth-order valence-corrected chi connectivity index (χ4v) is 2.35. The summed E-state index contributed by atoms with van der Waals surface area (Å²) in [5, 5.41) is 8.43. The summed E-state index contributed by atoms with van der Waals surface area (Å²) in [7, 11) is 0. The molecule has 0 saturated heterocycles. The number of benzene rings is 2. The minimum Gasteiger partial charge on any atom is -0.473 e. The van der Waals surface area contributed by atoms with Crippen LogP contribution in [0.15, 0.2) is 48.5 Å². The summed E-state index contributed by atoms with van der Waals surface area (Å²) in [6.45, 7) is -0.173. The number of ether oxygens (including phenoxy) is 2. The quantitative estimate of drug-likeness (QED) is 0.350. The first-order valence-electron chi connectivity index (χ1n) is 6.43. The van der Waals surface area contributed by atoms with Crippen LogP contribution in [0, 0.1) is 3.57 Å². The molecule has 1 N–H and O–H groups in total. The van der Waals surface area contributed by atoms with Crippen LogP contribution >= 0.6 is 22.6 Å². The third kappa shape index (κ3) is 4.78. The van der Waals surface area contributed by atoms with E-state index >= 15 is 0 Å². The zero-order chi connectivity index (χ0) is 16.8. The van der Waals surface area contributed by atoms with Gasteiger partial charge in [-0.1, -0.05) is 24.3 Å². The standard InChI is InChI=1S/C16H11IO6/c17-12-8-10(9-22-16(21)14(18)19)6-7-13(12)23-15(20)11-4-2-1-3-5-11/h1-8H,9H2,(H,18,19). The maximum Gasteiger partial charge on any atom is 0.417 e. The lowest BCUT2D eigenvalue weighted by Crippen LogP contribution is -2.16. The van der Waals surface area contributed by atoms with Crippen LogP contribution in [0.2, 0.25) is 0 Å². The highest BCUT2D eigenvalue weighted by Crippen LogP contribution is 2.23. The highest BCUT2D eigenvalue weighted by atomic mass is 127. The normalized spacial score (nSPS) is 9.96. The van der Waals surface area contributed by atoms with Gasteiger partial charge in [0, 0.05) is 0 Å². The third-order valence-electron chi connectivity index (χ3n) is 2.75. The van der Waals surface area contributed by atoms with Gasteiger partial charge in [-0.15, -0.1) is 0 Å². The van der Waals surface area contributed by atoms with Crippen LogP contribution in [-0.4, -0.2) is 23.0 Å². The highest BCUT2D eigenvalue weighted by molar-refractivity contribution is 14.1. The lowest BCUT2D eigenvalue weighted by atomic mass is 10.2. The summed E-state index contributed by atoms with van der Waals surface area (Å²) in [6, 6.07) is 13.4. The van der Waals surface area contributed by atoms with Gasteiger partial charge in [-0.25, -0.2) is 14.4 Å². The fraction of sp³-hybridized carbons (Fsp3) is 0.0625. The lowest BCUT2D eigenvalue weighted by Gasteiger charge is -2.08. The van der Waals surface area contributed by atoms with Crippen molar-refractivity contribution in [1.82, 2.24) is 0 Å². The number of hydrogen-bond donors (Lipinski definition) is 1. The Kier molecular flexibility index (Phi) is 5.69. The minimum atomic E-state index is -1.65. The monoisotopic (exact) mass is 426 g/mol. The van der Waals surface area contributed by atoms with Crippen LogP contribution in [0.5, 0.6) is 5.75 Å². The molecule has 2 aromatic rings. The number of halogens is 1. The molecule has 0 fully saturated rings. The summed E-state index contributed by atoms with van der Waals surface area (Å²) in [6.07, 6.45) is 0. The number of hydrogen-bond acceptors (Lipinski definition) is 5.